The van der Waals surface area contributed by atoms with Crippen molar-refractivity contribution in [1.29, 1.82) is 0 Å². The SMILES string of the molecule is CCC.CN=C1NC=C(C(N)=O)N2C=CC(c3ccc(C)cc3)N=C12. The molecule has 1 atom stereocenters. The summed E-state index contributed by atoms with van der Waals surface area (Å²) in [5.74, 6) is 0.673. The minimum Gasteiger partial charge on any atom is -0.364 e. The summed E-state index contributed by atoms with van der Waals surface area (Å²) in [7, 11) is 1.67. The van der Waals surface area contributed by atoms with E-state index in [1.807, 2.05) is 31.3 Å². The van der Waals surface area contributed by atoms with E-state index in [-0.39, 0.29) is 6.04 Å². The van der Waals surface area contributed by atoms with Crippen LogP contribution in [0.5, 0.6) is 0 Å². The van der Waals surface area contributed by atoms with Gasteiger partial charge in [0.1, 0.15) is 5.70 Å². The first-order valence-corrected chi connectivity index (χ1v) is 8.37. The Hall–Kier alpha value is -2.89. The Labute approximate surface area is 148 Å². The first-order chi connectivity index (χ1) is 12.0. The number of carbonyl (C=O) groups is 1. The lowest BCUT2D eigenvalue weighted by Crippen LogP contribution is -2.47. The molecule has 1 aromatic rings. The van der Waals surface area contributed by atoms with Gasteiger partial charge in [0.25, 0.3) is 5.91 Å². The van der Waals surface area contributed by atoms with Crippen molar-refractivity contribution in [3.05, 3.63) is 59.6 Å². The minimum absolute atomic E-state index is 0.113. The van der Waals surface area contributed by atoms with E-state index in [1.54, 1.807) is 18.1 Å². The highest BCUT2D eigenvalue weighted by atomic mass is 16.1. The second-order valence-electron chi connectivity index (χ2n) is 5.84. The van der Waals surface area contributed by atoms with Crippen molar-refractivity contribution in [2.75, 3.05) is 7.05 Å². The number of primary amides is 1. The van der Waals surface area contributed by atoms with E-state index in [1.165, 1.54) is 12.0 Å². The average molecular weight is 339 g/mol. The molecule has 0 radical (unpaired) electrons. The monoisotopic (exact) mass is 339 g/mol. The number of aryl methyl sites for hydroxylation is 1. The predicted molar refractivity (Wildman–Crippen MR) is 102 cm³/mol. The molecule has 3 N–H and O–H groups in total. The molecule has 0 aromatic heterocycles. The normalized spacial score (nSPS) is 19.9. The van der Waals surface area contributed by atoms with Gasteiger partial charge in [-0.15, -0.1) is 0 Å². The minimum atomic E-state index is -0.520. The second kappa shape index (κ2) is 8.28. The molecule has 1 amide bonds. The Kier molecular flexibility index (Phi) is 6.11. The topological polar surface area (TPSA) is 83.1 Å². The Balaban J connectivity index is 0.000000701. The molecule has 0 fully saturated rings. The molecular formula is C19H25N5O. The molecular weight excluding hydrogens is 314 g/mol. The standard InChI is InChI=1S/C16H17N5O.C3H8/c1-10-3-5-11(6-4-10)12-7-8-21-13(14(17)22)9-19-15(18-2)16(21)20-12;1-3-2/h3-9,12H,1-2H3,(H2,17,22)(H,18,19);3H2,1-2H3. The number of rotatable bonds is 2. The second-order valence-corrected chi connectivity index (χ2v) is 5.84. The smallest absolute Gasteiger partial charge is 0.267 e. The van der Waals surface area contributed by atoms with E-state index < -0.39 is 5.91 Å². The van der Waals surface area contributed by atoms with Crippen LogP contribution in [-0.2, 0) is 4.79 Å². The van der Waals surface area contributed by atoms with Crippen LogP contribution in [0.4, 0.5) is 0 Å². The van der Waals surface area contributed by atoms with Crippen LogP contribution in [0.25, 0.3) is 0 Å². The molecule has 1 unspecified atom stereocenters. The number of fused-ring (bicyclic) bond motifs is 1. The number of amides is 1. The first kappa shape index (κ1) is 18.4. The molecule has 0 aliphatic carbocycles. The third-order valence-corrected chi connectivity index (χ3v) is 3.62. The molecule has 2 aliphatic heterocycles. The molecule has 0 spiro atoms. The van der Waals surface area contributed by atoms with Gasteiger partial charge in [0.2, 0.25) is 0 Å². The number of nitrogens with one attached hydrogen (secondary N) is 1. The molecule has 132 valence electrons. The Morgan fingerprint density at radius 1 is 1.32 bits per heavy atom. The fourth-order valence-electron chi connectivity index (χ4n) is 2.42. The molecule has 2 heterocycles. The van der Waals surface area contributed by atoms with Crippen molar-refractivity contribution in [3.8, 4) is 0 Å². The number of hydrogen-bond acceptors (Lipinski definition) is 4. The lowest BCUT2D eigenvalue weighted by molar-refractivity contribution is -0.115. The molecule has 3 rings (SSSR count). The zero-order valence-electron chi connectivity index (χ0n) is 15.2. The number of aliphatic imine (C=N–C) groups is 2. The number of carbonyl (C=O) groups excluding carboxylic acids is 1. The van der Waals surface area contributed by atoms with E-state index in [4.69, 9.17) is 10.7 Å². The van der Waals surface area contributed by atoms with Gasteiger partial charge in [0, 0.05) is 19.4 Å². The van der Waals surface area contributed by atoms with Gasteiger partial charge in [-0.05, 0) is 18.6 Å². The van der Waals surface area contributed by atoms with Crippen LogP contribution in [0.15, 0.2) is 58.4 Å². The van der Waals surface area contributed by atoms with Crippen molar-refractivity contribution in [1.82, 2.24) is 10.2 Å². The maximum absolute atomic E-state index is 11.5. The van der Waals surface area contributed by atoms with Gasteiger partial charge in [-0.3, -0.25) is 19.7 Å². The summed E-state index contributed by atoms with van der Waals surface area (Å²) in [6, 6.07) is 8.09. The van der Waals surface area contributed by atoms with Gasteiger partial charge < -0.3 is 11.1 Å². The molecule has 0 bridgehead atoms. The zero-order chi connectivity index (χ0) is 18.4. The lowest BCUT2D eigenvalue weighted by atomic mass is 10.0. The summed E-state index contributed by atoms with van der Waals surface area (Å²) < 4.78 is 0. The molecule has 0 saturated heterocycles. The summed E-state index contributed by atoms with van der Waals surface area (Å²) in [5.41, 5.74) is 8.03. The summed E-state index contributed by atoms with van der Waals surface area (Å²) in [4.78, 5) is 22.1. The quantitative estimate of drug-likeness (QED) is 0.869. The van der Waals surface area contributed by atoms with Crippen LogP contribution in [0.1, 0.15) is 37.4 Å². The van der Waals surface area contributed by atoms with Crippen LogP contribution in [-0.4, -0.2) is 29.5 Å². The third kappa shape index (κ3) is 4.15. The lowest BCUT2D eigenvalue weighted by Gasteiger charge is -2.32. The van der Waals surface area contributed by atoms with Crippen molar-refractivity contribution in [2.45, 2.75) is 33.2 Å². The van der Waals surface area contributed by atoms with Crippen molar-refractivity contribution < 1.29 is 4.79 Å². The van der Waals surface area contributed by atoms with Crippen molar-refractivity contribution in [2.24, 2.45) is 15.7 Å². The largest absolute Gasteiger partial charge is 0.364 e. The fourth-order valence-corrected chi connectivity index (χ4v) is 2.42. The van der Waals surface area contributed by atoms with Crippen molar-refractivity contribution >= 4 is 17.6 Å². The number of nitrogens with two attached hydrogens (primary N) is 1. The van der Waals surface area contributed by atoms with Gasteiger partial charge in [0.05, 0.1) is 6.04 Å². The predicted octanol–water partition coefficient (Wildman–Crippen LogP) is 2.64. The molecule has 6 heteroatoms. The maximum Gasteiger partial charge on any atom is 0.267 e. The molecule has 1 aromatic carbocycles. The third-order valence-electron chi connectivity index (χ3n) is 3.62. The van der Waals surface area contributed by atoms with E-state index in [9.17, 15) is 4.79 Å². The molecule has 2 aliphatic rings. The van der Waals surface area contributed by atoms with Crippen LogP contribution >= 0.6 is 0 Å². The van der Waals surface area contributed by atoms with Crippen LogP contribution < -0.4 is 11.1 Å². The van der Waals surface area contributed by atoms with Crippen molar-refractivity contribution in [3.63, 3.8) is 0 Å². The zero-order valence-corrected chi connectivity index (χ0v) is 15.2. The summed E-state index contributed by atoms with van der Waals surface area (Å²) in [6.07, 6.45) is 6.54. The molecule has 25 heavy (non-hydrogen) atoms. The highest BCUT2D eigenvalue weighted by Crippen LogP contribution is 2.26. The van der Waals surface area contributed by atoms with E-state index >= 15 is 0 Å². The maximum atomic E-state index is 11.5. The van der Waals surface area contributed by atoms with Gasteiger partial charge in [-0.1, -0.05) is 50.1 Å². The summed E-state index contributed by atoms with van der Waals surface area (Å²) in [6.45, 7) is 6.30. The van der Waals surface area contributed by atoms with E-state index in [0.717, 1.165) is 5.56 Å². The Morgan fingerprint density at radius 3 is 2.52 bits per heavy atom. The molecule has 0 saturated carbocycles. The van der Waals surface area contributed by atoms with Gasteiger partial charge in [-0.2, -0.15) is 0 Å². The first-order valence-electron chi connectivity index (χ1n) is 8.37. The Morgan fingerprint density at radius 2 is 1.96 bits per heavy atom. The van der Waals surface area contributed by atoms with E-state index in [2.05, 4.69) is 36.3 Å². The van der Waals surface area contributed by atoms with E-state index in [0.29, 0.717) is 17.4 Å². The number of amidine groups is 2. The number of nitrogens with zero attached hydrogens (tertiary/aromatic N) is 3. The van der Waals surface area contributed by atoms with Crippen LogP contribution in [0.3, 0.4) is 0 Å². The van der Waals surface area contributed by atoms with Gasteiger partial charge in [-0.25, -0.2) is 0 Å². The van der Waals surface area contributed by atoms with Crippen LogP contribution in [0.2, 0.25) is 0 Å². The highest BCUT2D eigenvalue weighted by molar-refractivity contribution is 6.42. The highest BCUT2D eigenvalue weighted by Gasteiger charge is 2.29. The number of benzene rings is 1. The fraction of sp³-hybridized carbons (Fsp3) is 0.316. The molecule has 6 nitrogen and oxygen atoms in total. The number of hydrogen-bond donors (Lipinski definition) is 2. The van der Waals surface area contributed by atoms with Gasteiger partial charge >= 0.3 is 0 Å². The summed E-state index contributed by atoms with van der Waals surface area (Å²) in [5, 5.41) is 2.96. The Bertz CT molecular complexity index is 744. The summed E-state index contributed by atoms with van der Waals surface area (Å²) >= 11 is 0. The average Bonchev–Trinajstić information content (AvgIpc) is 2.61. The van der Waals surface area contributed by atoms with Gasteiger partial charge in [0.15, 0.2) is 11.7 Å². The van der Waals surface area contributed by atoms with Crippen LogP contribution in [0, 0.1) is 6.92 Å².